The van der Waals surface area contributed by atoms with Crippen molar-refractivity contribution >= 4 is 0 Å². The molecule has 0 spiro atoms. The van der Waals surface area contributed by atoms with Crippen LogP contribution in [-0.4, -0.2) is 11.4 Å². The second-order valence-corrected chi connectivity index (χ2v) is 3.04. The maximum absolute atomic E-state index is 8.59. The highest BCUT2D eigenvalue weighted by Gasteiger charge is 2.03. The molecule has 0 atom stereocenters. The maximum Gasteiger partial charge on any atom is 0.129 e. The van der Waals surface area contributed by atoms with Crippen LogP contribution in [0.15, 0.2) is 60.5 Å². The summed E-state index contributed by atoms with van der Waals surface area (Å²) in [6.45, 7) is 4.36. The van der Waals surface area contributed by atoms with Crippen molar-refractivity contribution in [2.24, 2.45) is 0 Å². The van der Waals surface area contributed by atoms with Crippen LogP contribution in [0.4, 0.5) is 0 Å². The second kappa shape index (κ2) is 6.06. The number of hydrogen-bond donors (Lipinski definition) is 0. The summed E-state index contributed by atoms with van der Waals surface area (Å²) in [5, 5.41) is 17.2. The molecule has 16 heavy (non-hydrogen) atoms. The van der Waals surface area contributed by atoms with Crippen molar-refractivity contribution in [2.75, 3.05) is 6.54 Å². The van der Waals surface area contributed by atoms with Gasteiger partial charge in [-0.15, -0.1) is 6.58 Å². The minimum atomic E-state index is 0.0917. The normalized spacial score (nSPS) is 15.4. The Morgan fingerprint density at radius 3 is 2.75 bits per heavy atom. The largest absolute Gasteiger partial charge is 0.344 e. The lowest BCUT2D eigenvalue weighted by atomic mass is 10.2. The Labute approximate surface area is 95.2 Å². The Morgan fingerprint density at radius 2 is 2.12 bits per heavy atom. The third kappa shape index (κ3) is 3.01. The first-order chi connectivity index (χ1) is 7.81. The van der Waals surface area contributed by atoms with Crippen molar-refractivity contribution in [3.05, 3.63) is 60.5 Å². The molecule has 0 aromatic carbocycles. The molecule has 3 nitrogen and oxygen atoms in total. The molecule has 0 saturated carbocycles. The molecule has 0 aromatic heterocycles. The summed E-state index contributed by atoms with van der Waals surface area (Å²) in [6, 6.07) is 3.63. The van der Waals surface area contributed by atoms with Gasteiger partial charge in [0.05, 0.1) is 0 Å². The lowest BCUT2D eigenvalue weighted by molar-refractivity contribution is 0.530. The van der Waals surface area contributed by atoms with Crippen molar-refractivity contribution in [2.45, 2.75) is 0 Å². The molecule has 0 bridgehead atoms. The first kappa shape index (κ1) is 11.6. The maximum atomic E-state index is 8.59. The van der Waals surface area contributed by atoms with E-state index in [4.69, 9.17) is 10.5 Å². The van der Waals surface area contributed by atoms with Gasteiger partial charge in [0.2, 0.25) is 0 Å². The molecule has 0 amide bonds. The summed E-state index contributed by atoms with van der Waals surface area (Å²) in [5.41, 5.74) is 1.01. The van der Waals surface area contributed by atoms with Gasteiger partial charge in [-0.25, -0.2) is 0 Å². The molecule has 1 heterocycles. The van der Waals surface area contributed by atoms with Crippen LogP contribution in [0.5, 0.6) is 0 Å². The van der Waals surface area contributed by atoms with E-state index in [1.807, 2.05) is 41.5 Å². The minimum Gasteiger partial charge on any atom is -0.344 e. The van der Waals surface area contributed by atoms with Crippen molar-refractivity contribution in [1.82, 2.24) is 4.90 Å². The predicted molar refractivity (Wildman–Crippen MR) is 62.6 cm³/mol. The number of nitrogens with zero attached hydrogens (tertiary/aromatic N) is 3. The van der Waals surface area contributed by atoms with Crippen molar-refractivity contribution in [3.63, 3.8) is 0 Å². The van der Waals surface area contributed by atoms with E-state index in [1.54, 1.807) is 12.2 Å². The fourth-order valence-electron chi connectivity index (χ4n) is 1.21. The monoisotopic (exact) mass is 209 g/mol. The average molecular weight is 209 g/mol. The van der Waals surface area contributed by atoms with Crippen molar-refractivity contribution in [3.8, 4) is 12.1 Å². The Morgan fingerprint density at radius 1 is 1.38 bits per heavy atom. The third-order valence-corrected chi connectivity index (χ3v) is 1.96. The van der Waals surface area contributed by atoms with E-state index in [-0.39, 0.29) is 5.57 Å². The van der Waals surface area contributed by atoms with E-state index < -0.39 is 0 Å². The summed E-state index contributed by atoms with van der Waals surface area (Å²) >= 11 is 0. The lowest BCUT2D eigenvalue weighted by Gasteiger charge is -2.21. The van der Waals surface area contributed by atoms with Crippen molar-refractivity contribution < 1.29 is 0 Å². The smallest absolute Gasteiger partial charge is 0.129 e. The molecule has 1 aliphatic heterocycles. The van der Waals surface area contributed by atoms with Gasteiger partial charge in [-0.1, -0.05) is 12.2 Å². The van der Waals surface area contributed by atoms with E-state index in [0.29, 0.717) is 6.54 Å². The SMILES string of the molecule is C=CCN1C=CC=C/C1=C\C=C(C#N)C#N. The molecule has 0 N–H and O–H groups in total. The molecule has 1 aliphatic rings. The summed E-state index contributed by atoms with van der Waals surface area (Å²) < 4.78 is 0. The molecule has 0 radical (unpaired) electrons. The molecule has 0 unspecified atom stereocenters. The number of hydrogen-bond acceptors (Lipinski definition) is 3. The molecule has 3 heteroatoms. The van der Waals surface area contributed by atoms with Crippen LogP contribution in [0, 0.1) is 22.7 Å². The van der Waals surface area contributed by atoms with Gasteiger partial charge < -0.3 is 4.90 Å². The zero-order valence-corrected chi connectivity index (χ0v) is 8.80. The third-order valence-electron chi connectivity index (χ3n) is 1.96. The van der Waals surface area contributed by atoms with Crippen LogP contribution < -0.4 is 0 Å². The molecule has 78 valence electrons. The van der Waals surface area contributed by atoms with E-state index in [2.05, 4.69) is 6.58 Å². The highest BCUT2D eigenvalue weighted by molar-refractivity contribution is 5.41. The first-order valence-electron chi connectivity index (χ1n) is 4.76. The fraction of sp³-hybridized carbons (Fsp3) is 0.0769. The van der Waals surface area contributed by atoms with Crippen LogP contribution >= 0.6 is 0 Å². The number of allylic oxidation sites excluding steroid dienone is 6. The molecular formula is C13H11N3. The van der Waals surface area contributed by atoms with Crippen LogP contribution in [-0.2, 0) is 0 Å². The summed E-state index contributed by atoms with van der Waals surface area (Å²) in [4.78, 5) is 1.97. The number of rotatable bonds is 3. The lowest BCUT2D eigenvalue weighted by Crippen LogP contribution is -2.16. The van der Waals surface area contributed by atoms with E-state index in [0.717, 1.165) is 5.70 Å². The predicted octanol–water partition coefficient (Wildman–Crippen LogP) is 2.42. The summed E-state index contributed by atoms with van der Waals surface area (Å²) in [5.74, 6) is 0. The van der Waals surface area contributed by atoms with E-state index >= 15 is 0 Å². The van der Waals surface area contributed by atoms with Crippen LogP contribution in [0.2, 0.25) is 0 Å². The Kier molecular flexibility index (Phi) is 4.37. The topological polar surface area (TPSA) is 50.8 Å². The van der Waals surface area contributed by atoms with Crippen LogP contribution in [0.25, 0.3) is 0 Å². The van der Waals surface area contributed by atoms with Crippen LogP contribution in [0.3, 0.4) is 0 Å². The van der Waals surface area contributed by atoms with Gasteiger partial charge in [0.1, 0.15) is 17.7 Å². The molecule has 0 aromatic rings. The highest BCUT2D eigenvalue weighted by atomic mass is 15.1. The Balaban J connectivity index is 2.90. The second-order valence-electron chi connectivity index (χ2n) is 3.04. The molecule has 0 fully saturated rings. The molecule has 1 rings (SSSR count). The number of nitriles is 2. The zero-order chi connectivity index (χ0) is 11.8. The van der Waals surface area contributed by atoms with Gasteiger partial charge in [0.15, 0.2) is 0 Å². The summed E-state index contributed by atoms with van der Waals surface area (Å²) in [7, 11) is 0. The molecular weight excluding hydrogens is 198 g/mol. The van der Waals surface area contributed by atoms with E-state index in [9.17, 15) is 0 Å². The van der Waals surface area contributed by atoms with Gasteiger partial charge in [-0.3, -0.25) is 0 Å². The van der Waals surface area contributed by atoms with Gasteiger partial charge in [0.25, 0.3) is 0 Å². The van der Waals surface area contributed by atoms with Gasteiger partial charge >= 0.3 is 0 Å². The average Bonchev–Trinajstić information content (AvgIpc) is 2.33. The van der Waals surface area contributed by atoms with E-state index in [1.165, 1.54) is 6.08 Å². The van der Waals surface area contributed by atoms with Gasteiger partial charge in [0, 0.05) is 18.4 Å². The standard InChI is InChI=1S/C13H11N3/c1-2-8-16-9-4-3-5-13(16)7-6-12(10-14)11-15/h2-7,9H,1,8H2/b13-7+. The summed E-state index contributed by atoms with van der Waals surface area (Å²) in [6.07, 6.45) is 12.7. The zero-order valence-electron chi connectivity index (χ0n) is 8.80. The Hall–Kier alpha value is -2.52. The van der Waals surface area contributed by atoms with Gasteiger partial charge in [-0.2, -0.15) is 10.5 Å². The molecule has 0 saturated heterocycles. The first-order valence-corrected chi connectivity index (χ1v) is 4.76. The molecule has 0 aliphatic carbocycles. The quantitative estimate of drug-likeness (QED) is 0.529. The minimum absolute atomic E-state index is 0.0917. The Bertz CT molecular complexity index is 448. The highest BCUT2D eigenvalue weighted by Crippen LogP contribution is 2.12. The fourth-order valence-corrected chi connectivity index (χ4v) is 1.21. The van der Waals surface area contributed by atoms with Crippen molar-refractivity contribution in [1.29, 1.82) is 10.5 Å². The van der Waals surface area contributed by atoms with Gasteiger partial charge in [-0.05, 0) is 24.3 Å². The van der Waals surface area contributed by atoms with Crippen LogP contribution in [0.1, 0.15) is 0 Å².